The first-order valence-electron chi connectivity index (χ1n) is 9.54. The molecule has 4 rings (SSSR count). The number of hydrogen-bond donors (Lipinski definition) is 5. The maximum Gasteiger partial charge on any atom is 0.275 e. The molecule has 0 bridgehead atoms. The van der Waals surface area contributed by atoms with Crippen molar-refractivity contribution in [2.75, 3.05) is 19.5 Å². The molecule has 2 heterocycles. The van der Waals surface area contributed by atoms with Gasteiger partial charge in [0.1, 0.15) is 11.5 Å². The molecule has 1 amide bonds. The molecule has 2 fully saturated rings. The van der Waals surface area contributed by atoms with Crippen molar-refractivity contribution in [3.8, 4) is 5.88 Å². The SMILES string of the molecule is COc1cnc(C(=O)Nc2ccc(F)c([C@]34CCC[C@H]3S(O)(O)N(C)C(=N)N4)c2)cn1. The molecule has 1 saturated heterocycles. The number of nitrogens with zero attached hydrogens (tertiary/aromatic N) is 3. The molecule has 1 saturated carbocycles. The minimum Gasteiger partial charge on any atom is -0.480 e. The van der Waals surface area contributed by atoms with Crippen LogP contribution in [0.4, 0.5) is 10.1 Å². The zero-order valence-corrected chi connectivity index (χ0v) is 17.7. The predicted octanol–water partition coefficient (Wildman–Crippen LogP) is 2.76. The van der Waals surface area contributed by atoms with E-state index in [9.17, 15) is 18.3 Å². The zero-order valence-electron chi connectivity index (χ0n) is 16.9. The highest BCUT2D eigenvalue weighted by molar-refractivity contribution is 8.23. The van der Waals surface area contributed by atoms with E-state index in [2.05, 4.69) is 20.6 Å². The van der Waals surface area contributed by atoms with Gasteiger partial charge in [-0.25, -0.2) is 18.7 Å². The topological polar surface area (TPSA) is 144 Å². The van der Waals surface area contributed by atoms with Gasteiger partial charge in [0.2, 0.25) is 11.8 Å². The number of hydrogen-bond acceptors (Lipinski definition) is 7. The van der Waals surface area contributed by atoms with E-state index < -0.39 is 33.3 Å². The molecule has 1 aliphatic heterocycles. The fourth-order valence-electron chi connectivity index (χ4n) is 4.21. The number of anilines is 1. The Hall–Kier alpha value is -2.96. The zero-order chi connectivity index (χ0) is 22.4. The fourth-order valence-corrected chi connectivity index (χ4v) is 6.24. The smallest absolute Gasteiger partial charge is 0.275 e. The van der Waals surface area contributed by atoms with Crippen LogP contribution in [0.1, 0.15) is 35.3 Å². The number of nitrogens with one attached hydrogen (secondary N) is 3. The summed E-state index contributed by atoms with van der Waals surface area (Å²) in [6, 6.07) is 4.08. The van der Waals surface area contributed by atoms with E-state index in [4.69, 9.17) is 10.1 Å². The Bertz CT molecular complexity index is 1040. The van der Waals surface area contributed by atoms with Crippen molar-refractivity contribution in [3.05, 3.63) is 47.7 Å². The molecule has 5 N–H and O–H groups in total. The summed E-state index contributed by atoms with van der Waals surface area (Å²) in [6.07, 6.45) is 4.09. The number of aromatic nitrogens is 2. The van der Waals surface area contributed by atoms with E-state index in [1.54, 1.807) is 0 Å². The van der Waals surface area contributed by atoms with Crippen molar-refractivity contribution < 1.29 is 23.0 Å². The molecule has 0 radical (unpaired) electrons. The molecule has 10 nitrogen and oxygen atoms in total. The van der Waals surface area contributed by atoms with E-state index in [-0.39, 0.29) is 23.1 Å². The van der Waals surface area contributed by atoms with Gasteiger partial charge in [0.05, 0.1) is 30.3 Å². The summed E-state index contributed by atoms with van der Waals surface area (Å²) in [4.78, 5) is 20.5. The number of amides is 1. The van der Waals surface area contributed by atoms with Gasteiger partial charge in [0.15, 0.2) is 0 Å². The summed E-state index contributed by atoms with van der Waals surface area (Å²) in [5, 5.41) is 13.1. The van der Waals surface area contributed by atoms with Crippen LogP contribution in [0.2, 0.25) is 0 Å². The Kier molecular flexibility index (Phi) is 5.23. The monoisotopic (exact) mass is 450 g/mol. The third-order valence-corrected chi connectivity index (χ3v) is 8.19. The van der Waals surface area contributed by atoms with Gasteiger partial charge < -0.3 is 15.4 Å². The highest BCUT2D eigenvalue weighted by atomic mass is 32.3. The molecule has 2 aromatic rings. The third-order valence-electron chi connectivity index (χ3n) is 5.80. The standard InChI is InChI=1S/C19H23FN6O4S/c1-26-18(21)25-19(7-3-4-15(19)31(26,28)29)12-8-11(5-6-13(12)20)24-17(27)14-9-23-16(30-2)10-22-14/h5-6,8-10,15,28-29H,3-4,7H2,1-2H3,(H2,21,25)(H,24,27)/t15-,19-/m1/s1. The fraction of sp³-hybridized carbons (Fsp3) is 0.368. The van der Waals surface area contributed by atoms with Crippen LogP contribution < -0.4 is 15.4 Å². The lowest BCUT2D eigenvalue weighted by Gasteiger charge is -2.57. The maximum atomic E-state index is 15.0. The largest absolute Gasteiger partial charge is 0.480 e. The van der Waals surface area contributed by atoms with Gasteiger partial charge in [-0.3, -0.25) is 19.3 Å². The van der Waals surface area contributed by atoms with Crippen molar-refractivity contribution >= 4 is 28.3 Å². The van der Waals surface area contributed by atoms with Gasteiger partial charge in [-0.2, -0.15) is 0 Å². The van der Waals surface area contributed by atoms with Crippen molar-refractivity contribution in [3.63, 3.8) is 0 Å². The summed E-state index contributed by atoms with van der Waals surface area (Å²) in [6.45, 7) is 0. The lowest BCUT2D eigenvalue weighted by Crippen LogP contribution is -2.63. The average Bonchev–Trinajstić information content (AvgIpc) is 3.19. The minimum atomic E-state index is -3.33. The highest BCUT2D eigenvalue weighted by Crippen LogP contribution is 2.62. The van der Waals surface area contributed by atoms with Crippen LogP contribution in [-0.2, 0) is 5.54 Å². The summed E-state index contributed by atoms with van der Waals surface area (Å²) >= 11 is 0. The number of ether oxygens (including phenoxy) is 1. The first-order valence-corrected chi connectivity index (χ1v) is 11.1. The van der Waals surface area contributed by atoms with Crippen LogP contribution in [0, 0.1) is 11.2 Å². The Labute approximate surface area is 179 Å². The van der Waals surface area contributed by atoms with Crippen molar-refractivity contribution in [1.82, 2.24) is 19.6 Å². The first kappa shape index (κ1) is 21.3. The summed E-state index contributed by atoms with van der Waals surface area (Å²) in [5.41, 5.74) is -0.626. The number of rotatable bonds is 4. The Morgan fingerprint density at radius 1 is 1.42 bits per heavy atom. The van der Waals surface area contributed by atoms with E-state index >= 15 is 0 Å². The number of methoxy groups -OCH3 is 1. The van der Waals surface area contributed by atoms with E-state index in [0.29, 0.717) is 24.9 Å². The maximum absolute atomic E-state index is 15.0. The van der Waals surface area contributed by atoms with Gasteiger partial charge in [-0.05, 0) is 37.5 Å². The van der Waals surface area contributed by atoms with Crippen LogP contribution >= 0.6 is 10.8 Å². The lowest BCUT2D eigenvalue weighted by atomic mass is 9.86. The van der Waals surface area contributed by atoms with Gasteiger partial charge in [-0.15, -0.1) is 10.8 Å². The summed E-state index contributed by atoms with van der Waals surface area (Å²) < 4.78 is 42.6. The third kappa shape index (κ3) is 3.46. The second kappa shape index (κ2) is 7.62. The Morgan fingerprint density at radius 2 is 2.19 bits per heavy atom. The lowest BCUT2D eigenvalue weighted by molar-refractivity contribution is 0.102. The van der Waals surface area contributed by atoms with Crippen LogP contribution in [0.3, 0.4) is 0 Å². The molecule has 2 atom stereocenters. The molecule has 0 unspecified atom stereocenters. The van der Waals surface area contributed by atoms with Crippen LogP contribution in [0.25, 0.3) is 0 Å². The molecule has 1 aromatic heterocycles. The number of benzene rings is 1. The molecule has 166 valence electrons. The Balaban J connectivity index is 1.67. The number of carbonyl (C=O) groups is 1. The summed E-state index contributed by atoms with van der Waals surface area (Å²) in [5.74, 6) is -1.03. The molecule has 1 aliphatic carbocycles. The highest BCUT2D eigenvalue weighted by Gasteiger charge is 2.57. The number of carbonyl (C=O) groups excluding carboxylic acids is 1. The predicted molar refractivity (Wildman–Crippen MR) is 114 cm³/mol. The molecule has 12 heteroatoms. The van der Waals surface area contributed by atoms with Gasteiger partial charge in [0.25, 0.3) is 5.91 Å². The molecular formula is C19H23FN6O4S. The van der Waals surface area contributed by atoms with Gasteiger partial charge in [-0.1, -0.05) is 0 Å². The van der Waals surface area contributed by atoms with E-state index in [1.807, 2.05) is 0 Å². The first-order chi connectivity index (χ1) is 14.7. The number of halogens is 1. The van der Waals surface area contributed by atoms with Crippen LogP contribution in [0.5, 0.6) is 5.88 Å². The number of guanidine groups is 1. The van der Waals surface area contributed by atoms with E-state index in [0.717, 1.165) is 4.31 Å². The quantitative estimate of drug-likeness (QED) is 0.478. The second-order valence-electron chi connectivity index (χ2n) is 7.48. The number of fused-ring (bicyclic) bond motifs is 1. The Morgan fingerprint density at radius 3 is 2.87 bits per heavy atom. The van der Waals surface area contributed by atoms with Crippen molar-refractivity contribution in [2.45, 2.75) is 30.1 Å². The van der Waals surface area contributed by atoms with Gasteiger partial charge >= 0.3 is 0 Å². The molecule has 1 aromatic carbocycles. The van der Waals surface area contributed by atoms with Crippen molar-refractivity contribution in [1.29, 1.82) is 5.41 Å². The average molecular weight is 450 g/mol. The molecule has 31 heavy (non-hydrogen) atoms. The van der Waals surface area contributed by atoms with Gasteiger partial charge in [0, 0.05) is 18.3 Å². The normalized spacial score (nSPS) is 25.4. The van der Waals surface area contributed by atoms with Crippen LogP contribution in [-0.4, -0.2) is 54.7 Å². The molecular weight excluding hydrogens is 427 g/mol. The molecule has 2 aliphatic rings. The van der Waals surface area contributed by atoms with Crippen molar-refractivity contribution in [2.24, 2.45) is 0 Å². The van der Waals surface area contributed by atoms with E-state index in [1.165, 1.54) is 44.8 Å². The minimum absolute atomic E-state index is 0.0527. The summed E-state index contributed by atoms with van der Waals surface area (Å²) in [7, 11) is -0.473. The molecule has 0 spiro atoms. The van der Waals surface area contributed by atoms with Crippen LogP contribution in [0.15, 0.2) is 30.6 Å². The second-order valence-corrected chi connectivity index (χ2v) is 9.72.